The maximum absolute atomic E-state index is 10.6. The highest BCUT2D eigenvalue weighted by molar-refractivity contribution is 9.26. The van der Waals surface area contributed by atoms with Crippen LogP contribution in [0.4, 0.5) is 0 Å². The van der Waals surface area contributed by atoms with E-state index in [1.807, 2.05) is 10.8 Å². The molecule has 1 atom stereocenters. The number of carboxylic acid groups (broad SMARTS) is 1. The molecule has 0 bridgehead atoms. The molecule has 0 rings (SSSR count). The highest BCUT2D eigenvalue weighted by Crippen LogP contribution is 2.45. The normalized spacial score (nSPS) is 12.5. The van der Waals surface area contributed by atoms with Gasteiger partial charge in [-0.3, -0.25) is 4.79 Å². The van der Waals surface area contributed by atoms with Crippen LogP contribution < -0.4 is 0 Å². The topological polar surface area (TPSA) is 37.3 Å². The van der Waals surface area contributed by atoms with Crippen LogP contribution in [0.15, 0.2) is 0 Å². The second-order valence-corrected chi connectivity index (χ2v) is 11.6. The van der Waals surface area contributed by atoms with E-state index in [0.29, 0.717) is 0 Å². The molecule has 1 unspecified atom stereocenters. The fraction of sp³-hybridized carbons (Fsp3) is 0.933. The first kappa shape index (κ1) is 21.9. The van der Waals surface area contributed by atoms with Crippen LogP contribution in [0, 0.1) is 0 Å². The van der Waals surface area contributed by atoms with Gasteiger partial charge in [-0.2, -0.15) is 0 Å². The summed E-state index contributed by atoms with van der Waals surface area (Å²) in [4.78, 5) is 10.6. The van der Waals surface area contributed by atoms with Crippen LogP contribution in [0.3, 0.4) is 0 Å². The Morgan fingerprint density at radius 3 is 1.95 bits per heavy atom. The molecule has 6 heteroatoms. The van der Waals surface area contributed by atoms with Crippen LogP contribution >= 0.6 is 41.2 Å². The van der Waals surface area contributed by atoms with Gasteiger partial charge < -0.3 is 5.11 Å². The van der Waals surface area contributed by atoms with Gasteiger partial charge in [0.15, 0.2) is 0 Å². The lowest BCUT2D eigenvalue weighted by Gasteiger charge is -2.04. The van der Waals surface area contributed by atoms with Gasteiger partial charge in [0.05, 0.1) is 0 Å². The maximum Gasteiger partial charge on any atom is 0.317 e. The van der Waals surface area contributed by atoms with Crippen molar-refractivity contribution in [2.24, 2.45) is 0 Å². The first-order valence-electron chi connectivity index (χ1n) is 8.03. The van der Waals surface area contributed by atoms with Gasteiger partial charge in [-0.05, 0) is 33.0 Å². The van der Waals surface area contributed by atoms with Crippen molar-refractivity contribution in [1.29, 1.82) is 0 Å². The monoisotopic (exact) mass is 370 g/mol. The van der Waals surface area contributed by atoms with E-state index in [4.69, 9.17) is 5.11 Å². The molecule has 0 aromatic heterocycles. The Kier molecular flexibility index (Phi) is 17.9. The highest BCUT2D eigenvalue weighted by atomic mass is 33.7. The second kappa shape index (κ2) is 17.2. The summed E-state index contributed by atoms with van der Waals surface area (Å²) < 4.78 is 0. The van der Waals surface area contributed by atoms with Crippen molar-refractivity contribution in [2.45, 2.75) is 83.3 Å². The quantitative estimate of drug-likeness (QED) is 0.231. The Labute approximate surface area is 145 Å². The fourth-order valence-corrected chi connectivity index (χ4v) is 8.09. The molecule has 0 aromatic rings. The van der Waals surface area contributed by atoms with Gasteiger partial charge in [0, 0.05) is 5.75 Å². The van der Waals surface area contributed by atoms with E-state index in [1.165, 1.54) is 80.8 Å². The summed E-state index contributed by atoms with van der Waals surface area (Å²) in [5.41, 5.74) is 0. The molecule has 126 valence electrons. The molecule has 21 heavy (non-hydrogen) atoms. The Hall–Kier alpha value is 0.870. The number of hydrogen-bond donors (Lipinski definition) is 1. The van der Waals surface area contributed by atoms with Gasteiger partial charge in [0.1, 0.15) is 5.25 Å². The Morgan fingerprint density at radius 1 is 0.905 bits per heavy atom. The maximum atomic E-state index is 10.6. The number of carboxylic acids is 1. The van der Waals surface area contributed by atoms with E-state index < -0.39 is 5.97 Å². The van der Waals surface area contributed by atoms with Crippen molar-refractivity contribution < 1.29 is 9.90 Å². The van der Waals surface area contributed by atoms with E-state index >= 15 is 0 Å². The SMILES string of the molecule is CCCCCCCCCCCCSSSSC(C)C(=O)O. The molecule has 0 radical (unpaired) electrons. The molecule has 2 nitrogen and oxygen atoms in total. The summed E-state index contributed by atoms with van der Waals surface area (Å²) in [5, 5.41) is 8.42. The van der Waals surface area contributed by atoms with Gasteiger partial charge >= 0.3 is 5.97 Å². The minimum atomic E-state index is -0.729. The van der Waals surface area contributed by atoms with Gasteiger partial charge in [-0.15, -0.1) is 0 Å². The summed E-state index contributed by atoms with van der Waals surface area (Å²) in [6, 6.07) is 0. The number of aliphatic carboxylic acids is 1. The van der Waals surface area contributed by atoms with Crippen molar-refractivity contribution in [1.82, 2.24) is 0 Å². The summed E-state index contributed by atoms with van der Waals surface area (Å²) in [6.07, 6.45) is 13.8. The third-order valence-electron chi connectivity index (χ3n) is 3.19. The lowest BCUT2D eigenvalue weighted by atomic mass is 10.1. The van der Waals surface area contributed by atoms with Gasteiger partial charge in [0.2, 0.25) is 0 Å². The highest BCUT2D eigenvalue weighted by Gasteiger charge is 2.11. The molecule has 0 spiro atoms. The molecule has 0 amide bonds. The molecule has 0 aliphatic carbocycles. The van der Waals surface area contributed by atoms with Crippen molar-refractivity contribution >= 4 is 47.2 Å². The third kappa shape index (κ3) is 17.1. The van der Waals surface area contributed by atoms with Gasteiger partial charge in [-0.1, -0.05) is 86.3 Å². The summed E-state index contributed by atoms with van der Waals surface area (Å²) in [5.74, 6) is 0.448. The largest absolute Gasteiger partial charge is 0.480 e. The average molecular weight is 371 g/mol. The minimum absolute atomic E-state index is 0.319. The van der Waals surface area contributed by atoms with Crippen LogP contribution in [-0.4, -0.2) is 22.1 Å². The van der Waals surface area contributed by atoms with Crippen LogP contribution in [0.2, 0.25) is 0 Å². The van der Waals surface area contributed by atoms with Crippen LogP contribution in [0.25, 0.3) is 0 Å². The van der Waals surface area contributed by atoms with E-state index in [9.17, 15) is 4.79 Å². The molecule has 0 saturated heterocycles. The number of rotatable bonds is 16. The molecule has 1 N–H and O–H groups in total. The minimum Gasteiger partial charge on any atom is -0.480 e. The standard InChI is InChI=1S/C15H30O2S4/c1-3-4-5-6-7-8-9-10-11-12-13-18-20-21-19-14(2)15(16)17/h14H,3-13H2,1-2H3,(H,16,17). The lowest BCUT2D eigenvalue weighted by molar-refractivity contribution is -0.136. The van der Waals surface area contributed by atoms with Crippen LogP contribution in [0.5, 0.6) is 0 Å². The first-order chi connectivity index (χ1) is 10.2. The molecule has 0 fully saturated rings. The van der Waals surface area contributed by atoms with Crippen molar-refractivity contribution in [3.63, 3.8) is 0 Å². The Balaban J connectivity index is 3.04. The molecule has 0 aromatic carbocycles. The zero-order valence-corrected chi connectivity index (χ0v) is 16.6. The van der Waals surface area contributed by atoms with E-state index in [2.05, 4.69) is 6.92 Å². The fourth-order valence-electron chi connectivity index (χ4n) is 1.82. The number of hydrogen-bond acceptors (Lipinski definition) is 5. The van der Waals surface area contributed by atoms with Crippen molar-refractivity contribution in [3.8, 4) is 0 Å². The summed E-state index contributed by atoms with van der Waals surface area (Å²) in [7, 11) is 6.57. The van der Waals surface area contributed by atoms with Gasteiger partial charge in [-0.25, -0.2) is 0 Å². The number of carbonyl (C=O) groups is 1. The molecular weight excluding hydrogens is 340 g/mol. The zero-order valence-electron chi connectivity index (χ0n) is 13.3. The first-order valence-corrected chi connectivity index (χ1v) is 13.1. The Morgan fingerprint density at radius 2 is 1.43 bits per heavy atom. The summed E-state index contributed by atoms with van der Waals surface area (Å²) >= 11 is 0. The van der Waals surface area contributed by atoms with Crippen molar-refractivity contribution in [2.75, 3.05) is 5.75 Å². The van der Waals surface area contributed by atoms with Crippen molar-refractivity contribution in [3.05, 3.63) is 0 Å². The predicted molar refractivity (Wildman–Crippen MR) is 104 cm³/mol. The molecule has 0 aliphatic rings. The Bertz CT molecular complexity index is 240. The van der Waals surface area contributed by atoms with Gasteiger partial charge in [0.25, 0.3) is 0 Å². The van der Waals surface area contributed by atoms with E-state index in [1.54, 1.807) is 26.6 Å². The van der Waals surface area contributed by atoms with E-state index in [-0.39, 0.29) is 5.25 Å². The number of unbranched alkanes of at least 4 members (excludes halogenated alkanes) is 9. The van der Waals surface area contributed by atoms with Crippen LogP contribution in [0.1, 0.15) is 78.1 Å². The third-order valence-corrected chi connectivity index (χ3v) is 9.99. The molecule has 0 saturated carbocycles. The molecular formula is C15H30O2S4. The second-order valence-electron chi connectivity index (χ2n) is 5.22. The van der Waals surface area contributed by atoms with E-state index in [0.717, 1.165) is 0 Å². The average Bonchev–Trinajstić information content (AvgIpc) is 2.47. The molecule has 0 heterocycles. The predicted octanol–water partition coefficient (Wildman–Crippen LogP) is 7.06. The smallest absolute Gasteiger partial charge is 0.317 e. The molecule has 0 aliphatic heterocycles. The van der Waals surface area contributed by atoms with Crippen LogP contribution in [-0.2, 0) is 4.79 Å². The zero-order chi connectivity index (χ0) is 15.8. The summed E-state index contributed by atoms with van der Waals surface area (Å²) in [6.45, 7) is 3.99. The lowest BCUT2D eigenvalue weighted by Crippen LogP contribution is -2.09.